The molecule has 0 bridgehead atoms. The summed E-state index contributed by atoms with van der Waals surface area (Å²) in [6, 6.07) is 5.47. The zero-order chi connectivity index (χ0) is 14.5. The molecule has 0 amide bonds. The number of anilines is 1. The number of alkyl halides is 3. The molecule has 1 aromatic rings. The Kier molecular flexibility index (Phi) is 5.96. The van der Waals surface area contributed by atoms with E-state index in [1.54, 1.807) is 6.07 Å². The second-order valence-electron chi connectivity index (χ2n) is 3.74. The van der Waals surface area contributed by atoms with Crippen molar-refractivity contribution in [1.29, 1.82) is 0 Å². The van der Waals surface area contributed by atoms with Crippen molar-refractivity contribution in [3.05, 3.63) is 24.3 Å². The molecule has 0 radical (unpaired) electrons. The second-order valence-corrected chi connectivity index (χ2v) is 6.24. The van der Waals surface area contributed by atoms with Crippen LogP contribution in [0.2, 0.25) is 0 Å². The number of halogens is 3. The van der Waals surface area contributed by atoms with Crippen LogP contribution >= 0.6 is 11.6 Å². The molecule has 4 nitrogen and oxygen atoms in total. The molecule has 0 aliphatic carbocycles. The van der Waals surface area contributed by atoms with Gasteiger partial charge in [0.25, 0.3) is 0 Å². The molecule has 1 N–H and O–H groups in total. The van der Waals surface area contributed by atoms with E-state index < -0.39 is 25.9 Å². The zero-order valence-corrected chi connectivity index (χ0v) is 11.7. The number of hydrogen-bond acceptors (Lipinski definition) is 4. The Bertz CT molecular complexity index is 510. The largest absolute Gasteiger partial charge is 0.383 e. The van der Waals surface area contributed by atoms with E-state index in [2.05, 4.69) is 5.32 Å². The molecule has 19 heavy (non-hydrogen) atoms. The lowest BCUT2D eigenvalue weighted by molar-refractivity contribution is 0.200. The number of sulfone groups is 1. The van der Waals surface area contributed by atoms with Gasteiger partial charge in [-0.3, -0.25) is 0 Å². The smallest absolute Gasteiger partial charge is 0.341 e. The van der Waals surface area contributed by atoms with Crippen LogP contribution in [0.15, 0.2) is 29.2 Å². The number of ether oxygens (including phenoxy) is 1. The Morgan fingerprint density at radius 1 is 1.37 bits per heavy atom. The number of para-hydroxylation sites is 1. The molecule has 0 heterocycles. The van der Waals surface area contributed by atoms with Crippen LogP contribution in [-0.4, -0.2) is 39.8 Å². The zero-order valence-electron chi connectivity index (χ0n) is 10.1. The molecule has 0 aliphatic heterocycles. The van der Waals surface area contributed by atoms with Gasteiger partial charge in [-0.2, -0.15) is 8.78 Å². The molecule has 0 aromatic heterocycles. The van der Waals surface area contributed by atoms with Crippen molar-refractivity contribution >= 4 is 27.1 Å². The molecule has 0 spiro atoms. The number of benzene rings is 1. The summed E-state index contributed by atoms with van der Waals surface area (Å²) in [5.41, 5.74) is 0.101. The van der Waals surface area contributed by atoms with Gasteiger partial charge < -0.3 is 10.1 Å². The van der Waals surface area contributed by atoms with Gasteiger partial charge in [-0.15, -0.1) is 11.6 Å². The van der Waals surface area contributed by atoms with E-state index in [1.807, 2.05) is 0 Å². The maximum atomic E-state index is 12.5. The van der Waals surface area contributed by atoms with Crippen LogP contribution in [0.3, 0.4) is 0 Å². The summed E-state index contributed by atoms with van der Waals surface area (Å²) in [6.07, 6.45) is 0. The van der Waals surface area contributed by atoms with Gasteiger partial charge in [0, 0.05) is 13.7 Å². The lowest BCUT2D eigenvalue weighted by atomic mass is 10.3. The van der Waals surface area contributed by atoms with E-state index in [0.717, 1.165) is 6.07 Å². The van der Waals surface area contributed by atoms with Crippen molar-refractivity contribution in [2.75, 3.05) is 25.6 Å². The first-order valence-electron chi connectivity index (χ1n) is 5.37. The third-order valence-corrected chi connectivity index (χ3v) is 4.01. The fourth-order valence-corrected chi connectivity index (χ4v) is 2.53. The van der Waals surface area contributed by atoms with E-state index in [-0.39, 0.29) is 18.8 Å². The third kappa shape index (κ3) is 4.29. The summed E-state index contributed by atoms with van der Waals surface area (Å²) in [4.78, 5) is -0.439. The predicted octanol–water partition coefficient (Wildman–Crippen LogP) is 2.35. The van der Waals surface area contributed by atoms with Gasteiger partial charge in [-0.1, -0.05) is 12.1 Å². The lowest BCUT2D eigenvalue weighted by Crippen LogP contribution is -2.21. The topological polar surface area (TPSA) is 55.4 Å². The van der Waals surface area contributed by atoms with E-state index in [9.17, 15) is 17.2 Å². The molecule has 1 aromatic carbocycles. The van der Waals surface area contributed by atoms with E-state index in [4.69, 9.17) is 16.3 Å². The van der Waals surface area contributed by atoms with Gasteiger partial charge in [0.1, 0.15) is 0 Å². The minimum absolute atomic E-state index is 0.101. The summed E-state index contributed by atoms with van der Waals surface area (Å²) in [5, 5.41) is 2.34. The Labute approximate surface area is 115 Å². The summed E-state index contributed by atoms with van der Waals surface area (Å²) < 4.78 is 52.8. The molecule has 1 unspecified atom stereocenters. The number of rotatable bonds is 7. The van der Waals surface area contributed by atoms with E-state index in [1.165, 1.54) is 19.2 Å². The van der Waals surface area contributed by atoms with Crippen molar-refractivity contribution in [2.45, 2.75) is 16.0 Å². The Morgan fingerprint density at radius 3 is 2.58 bits per heavy atom. The van der Waals surface area contributed by atoms with Gasteiger partial charge in [0.15, 0.2) is 0 Å². The number of nitrogens with one attached hydrogen (secondary N) is 1. The van der Waals surface area contributed by atoms with Crippen molar-refractivity contribution in [1.82, 2.24) is 0 Å². The van der Waals surface area contributed by atoms with Crippen LogP contribution in [0.25, 0.3) is 0 Å². The highest BCUT2D eigenvalue weighted by atomic mass is 35.5. The quantitative estimate of drug-likeness (QED) is 0.785. The van der Waals surface area contributed by atoms with Crippen LogP contribution in [0, 0.1) is 0 Å². The highest BCUT2D eigenvalue weighted by Gasteiger charge is 2.28. The molecule has 1 rings (SSSR count). The van der Waals surface area contributed by atoms with Gasteiger partial charge >= 0.3 is 5.76 Å². The van der Waals surface area contributed by atoms with Gasteiger partial charge in [0.05, 0.1) is 22.6 Å². The Morgan fingerprint density at radius 2 is 2.00 bits per heavy atom. The molecular weight excluding hydrogens is 300 g/mol. The van der Waals surface area contributed by atoms with Gasteiger partial charge in [-0.25, -0.2) is 8.42 Å². The molecule has 0 aliphatic rings. The normalized spacial score (nSPS) is 13.5. The standard InChI is InChI=1S/C11H14ClF2NO3S/c1-18-7-8(12)6-15-9-4-2-3-5-10(9)19(16,17)11(13)14/h2-5,8,11,15H,6-7H2,1H3. The van der Waals surface area contributed by atoms with Crippen molar-refractivity contribution < 1.29 is 21.9 Å². The SMILES string of the molecule is COCC(Cl)CNc1ccccc1S(=O)(=O)C(F)F. The summed E-state index contributed by atoms with van der Waals surface area (Å²) >= 11 is 5.87. The molecule has 108 valence electrons. The van der Waals surface area contributed by atoms with Crippen LogP contribution < -0.4 is 5.32 Å². The maximum absolute atomic E-state index is 12.5. The highest BCUT2D eigenvalue weighted by molar-refractivity contribution is 7.91. The first kappa shape index (κ1) is 16.1. The monoisotopic (exact) mass is 313 g/mol. The fourth-order valence-electron chi connectivity index (χ4n) is 1.42. The van der Waals surface area contributed by atoms with Crippen molar-refractivity contribution in [3.63, 3.8) is 0 Å². The van der Waals surface area contributed by atoms with Crippen molar-refractivity contribution in [3.8, 4) is 0 Å². The Balaban J connectivity index is 2.91. The summed E-state index contributed by atoms with van der Waals surface area (Å²) in [7, 11) is -3.16. The van der Waals surface area contributed by atoms with Gasteiger partial charge in [-0.05, 0) is 12.1 Å². The first-order valence-corrected chi connectivity index (χ1v) is 7.35. The molecular formula is C11H14ClF2NO3S. The fraction of sp³-hybridized carbons (Fsp3) is 0.455. The molecule has 0 saturated carbocycles. The minimum Gasteiger partial charge on any atom is -0.383 e. The highest BCUT2D eigenvalue weighted by Crippen LogP contribution is 2.26. The Hall–Kier alpha value is -0.920. The minimum atomic E-state index is -4.64. The number of methoxy groups -OCH3 is 1. The van der Waals surface area contributed by atoms with Crippen LogP contribution in [0.5, 0.6) is 0 Å². The van der Waals surface area contributed by atoms with Crippen LogP contribution in [0.4, 0.5) is 14.5 Å². The average molecular weight is 314 g/mol. The van der Waals surface area contributed by atoms with E-state index >= 15 is 0 Å². The average Bonchev–Trinajstić information content (AvgIpc) is 2.37. The summed E-state index contributed by atoms with van der Waals surface area (Å²) in [6.45, 7) is 0.462. The third-order valence-electron chi connectivity index (χ3n) is 2.29. The molecule has 0 saturated heterocycles. The maximum Gasteiger partial charge on any atom is 0.341 e. The molecule has 0 fully saturated rings. The second kappa shape index (κ2) is 7.02. The van der Waals surface area contributed by atoms with Crippen molar-refractivity contribution in [2.24, 2.45) is 0 Å². The molecule has 8 heteroatoms. The predicted molar refractivity (Wildman–Crippen MR) is 69.6 cm³/mol. The van der Waals surface area contributed by atoms with Gasteiger partial charge in [0.2, 0.25) is 9.84 Å². The van der Waals surface area contributed by atoms with E-state index in [0.29, 0.717) is 0 Å². The van der Waals surface area contributed by atoms with Crippen LogP contribution in [0.1, 0.15) is 0 Å². The lowest BCUT2D eigenvalue weighted by Gasteiger charge is -2.14. The molecule has 1 atom stereocenters. The first-order chi connectivity index (χ1) is 8.89. The number of hydrogen-bond donors (Lipinski definition) is 1. The van der Waals surface area contributed by atoms with Crippen LogP contribution in [-0.2, 0) is 14.6 Å². The summed E-state index contributed by atoms with van der Waals surface area (Å²) in [5.74, 6) is -3.46.